The van der Waals surface area contributed by atoms with Gasteiger partial charge in [0.2, 0.25) is 10.0 Å². The Morgan fingerprint density at radius 2 is 1.48 bits per heavy atom. The van der Waals surface area contributed by atoms with Crippen LogP contribution < -0.4 is 4.72 Å². The second-order valence-electron chi connectivity index (χ2n) is 7.88. The van der Waals surface area contributed by atoms with Crippen LogP contribution in [0.4, 0.5) is 13.2 Å². The van der Waals surface area contributed by atoms with Gasteiger partial charge in [-0.3, -0.25) is 0 Å². The molecular formula is C23H24F3NO2S2. The van der Waals surface area contributed by atoms with Crippen molar-refractivity contribution in [3.8, 4) is 0 Å². The lowest BCUT2D eigenvalue weighted by atomic mass is 9.85. The van der Waals surface area contributed by atoms with Crippen molar-refractivity contribution in [2.24, 2.45) is 0 Å². The Balaban J connectivity index is 2.15. The highest BCUT2D eigenvalue weighted by atomic mass is 32.2. The van der Waals surface area contributed by atoms with Gasteiger partial charge in [0.1, 0.15) is 5.54 Å². The predicted octanol–water partition coefficient (Wildman–Crippen LogP) is 5.74. The van der Waals surface area contributed by atoms with Gasteiger partial charge in [0, 0.05) is 12.8 Å². The van der Waals surface area contributed by atoms with Crippen molar-refractivity contribution in [2.75, 3.05) is 0 Å². The van der Waals surface area contributed by atoms with Gasteiger partial charge >= 0.3 is 6.18 Å². The van der Waals surface area contributed by atoms with Gasteiger partial charge in [0.05, 0.1) is 4.90 Å². The lowest BCUT2D eigenvalue weighted by Crippen LogP contribution is -2.61. The number of rotatable bonds is 7. The molecule has 0 radical (unpaired) electrons. The largest absolute Gasteiger partial charge is 0.408 e. The van der Waals surface area contributed by atoms with Gasteiger partial charge < -0.3 is 0 Å². The third-order valence-electron chi connectivity index (χ3n) is 5.18. The summed E-state index contributed by atoms with van der Waals surface area (Å²) < 4.78 is 72.7. The Hall–Kier alpha value is -2.16. The predicted molar refractivity (Wildman–Crippen MR) is 118 cm³/mol. The molecule has 1 aromatic heterocycles. The molecule has 1 unspecified atom stereocenters. The molecule has 8 heteroatoms. The number of alkyl halides is 3. The first-order valence-electron chi connectivity index (χ1n) is 9.67. The molecule has 1 atom stereocenters. The van der Waals surface area contributed by atoms with Crippen molar-refractivity contribution in [1.82, 2.24) is 4.72 Å². The van der Waals surface area contributed by atoms with E-state index in [1.807, 2.05) is 6.92 Å². The van der Waals surface area contributed by atoms with Crippen LogP contribution >= 0.6 is 11.3 Å². The first kappa shape index (κ1) is 23.5. The fraction of sp³-hybridized carbons (Fsp3) is 0.304. The van der Waals surface area contributed by atoms with Crippen LogP contribution in [-0.4, -0.2) is 20.1 Å². The van der Waals surface area contributed by atoms with Gasteiger partial charge in [-0.15, -0.1) is 0 Å². The molecule has 0 spiro atoms. The second kappa shape index (κ2) is 8.76. The minimum absolute atomic E-state index is 0.106. The summed E-state index contributed by atoms with van der Waals surface area (Å²) in [6, 6.07) is 13.1. The summed E-state index contributed by atoms with van der Waals surface area (Å²) in [7, 11) is -4.47. The van der Waals surface area contributed by atoms with Gasteiger partial charge in [-0.25, -0.2) is 8.42 Å². The zero-order chi connectivity index (χ0) is 22.9. The molecule has 1 heterocycles. The average Bonchev–Trinajstić information content (AvgIpc) is 3.12. The summed E-state index contributed by atoms with van der Waals surface area (Å²) in [4.78, 5) is -0.106. The molecule has 3 rings (SSSR count). The van der Waals surface area contributed by atoms with E-state index in [4.69, 9.17) is 0 Å². The Morgan fingerprint density at radius 1 is 0.903 bits per heavy atom. The molecule has 31 heavy (non-hydrogen) atoms. The van der Waals surface area contributed by atoms with Crippen molar-refractivity contribution in [3.63, 3.8) is 0 Å². The third kappa shape index (κ3) is 5.19. The molecule has 3 nitrogen and oxygen atoms in total. The maximum absolute atomic E-state index is 14.6. The van der Waals surface area contributed by atoms with E-state index in [9.17, 15) is 21.6 Å². The Labute approximate surface area is 185 Å². The molecular weight excluding hydrogens is 443 g/mol. The standard InChI is InChI=1S/C23H24F3NO2S2/c1-16-11-17(2)21(18(3)12-16)31(28,29)27-22(23(24,25)26,14-20-9-10-30-15-20)13-19-7-5-4-6-8-19/h4-12,15,27H,13-14H2,1-3H3. The van der Waals surface area contributed by atoms with E-state index in [0.717, 1.165) is 5.56 Å². The summed E-state index contributed by atoms with van der Waals surface area (Å²) in [6.07, 6.45) is -5.85. The lowest BCUT2D eigenvalue weighted by molar-refractivity contribution is -0.190. The normalized spacial score (nSPS) is 14.4. The number of nitrogens with one attached hydrogen (secondary N) is 1. The lowest BCUT2D eigenvalue weighted by Gasteiger charge is -2.37. The van der Waals surface area contributed by atoms with Crippen molar-refractivity contribution in [1.29, 1.82) is 0 Å². The summed E-state index contributed by atoms with van der Waals surface area (Å²) in [5.74, 6) is 0. The summed E-state index contributed by atoms with van der Waals surface area (Å²) in [5, 5.41) is 3.30. The number of aryl methyl sites for hydroxylation is 3. The quantitative estimate of drug-likeness (QED) is 0.482. The van der Waals surface area contributed by atoms with Crippen molar-refractivity contribution in [2.45, 2.75) is 50.2 Å². The van der Waals surface area contributed by atoms with Crippen LogP contribution in [0.2, 0.25) is 0 Å². The summed E-state index contributed by atoms with van der Waals surface area (Å²) in [5.41, 5.74) is -0.197. The maximum atomic E-state index is 14.6. The van der Waals surface area contributed by atoms with Crippen LogP contribution in [0.5, 0.6) is 0 Å². The zero-order valence-electron chi connectivity index (χ0n) is 17.5. The van der Waals surface area contributed by atoms with E-state index in [1.165, 1.54) is 11.3 Å². The van der Waals surface area contributed by atoms with Crippen LogP contribution in [0.3, 0.4) is 0 Å². The van der Waals surface area contributed by atoms with E-state index < -0.39 is 34.6 Å². The number of thiophene rings is 1. The first-order chi connectivity index (χ1) is 14.4. The third-order valence-corrected chi connectivity index (χ3v) is 7.75. The first-order valence-corrected chi connectivity index (χ1v) is 12.1. The Bertz CT molecular complexity index is 1120. The van der Waals surface area contributed by atoms with Gasteiger partial charge in [-0.2, -0.15) is 29.2 Å². The van der Waals surface area contributed by atoms with E-state index in [1.54, 1.807) is 73.1 Å². The molecule has 3 aromatic rings. The fourth-order valence-corrected chi connectivity index (χ4v) is 6.49. The maximum Gasteiger partial charge on any atom is 0.408 e. The SMILES string of the molecule is Cc1cc(C)c(S(=O)(=O)NC(Cc2ccccc2)(Cc2ccsc2)C(F)(F)F)c(C)c1. The molecule has 1 N–H and O–H groups in total. The monoisotopic (exact) mass is 467 g/mol. The van der Waals surface area contributed by atoms with Crippen molar-refractivity contribution in [3.05, 3.63) is 87.1 Å². The number of halogens is 3. The van der Waals surface area contributed by atoms with Crippen LogP contribution in [0.1, 0.15) is 27.8 Å². The topological polar surface area (TPSA) is 46.2 Å². The van der Waals surface area contributed by atoms with Gasteiger partial charge in [-0.1, -0.05) is 48.0 Å². The van der Waals surface area contributed by atoms with Crippen LogP contribution in [0.15, 0.2) is 64.2 Å². The number of hydrogen-bond acceptors (Lipinski definition) is 3. The zero-order valence-corrected chi connectivity index (χ0v) is 19.1. The van der Waals surface area contributed by atoms with E-state index in [0.29, 0.717) is 22.3 Å². The summed E-state index contributed by atoms with van der Waals surface area (Å²) in [6.45, 7) is 5.01. The van der Waals surface area contributed by atoms with Crippen LogP contribution in [0.25, 0.3) is 0 Å². The van der Waals surface area contributed by atoms with Gasteiger partial charge in [-0.05, 0) is 59.9 Å². The van der Waals surface area contributed by atoms with E-state index in [-0.39, 0.29) is 4.90 Å². The van der Waals surface area contributed by atoms with Crippen LogP contribution in [0, 0.1) is 20.8 Å². The Kier molecular flexibility index (Phi) is 6.64. The summed E-state index contributed by atoms with van der Waals surface area (Å²) >= 11 is 1.27. The van der Waals surface area contributed by atoms with E-state index in [2.05, 4.69) is 4.72 Å². The van der Waals surface area contributed by atoms with Crippen molar-refractivity contribution >= 4 is 21.4 Å². The molecule has 0 amide bonds. The molecule has 0 aliphatic heterocycles. The Morgan fingerprint density at radius 3 is 2.00 bits per heavy atom. The molecule has 2 aromatic carbocycles. The van der Waals surface area contributed by atoms with Crippen molar-refractivity contribution < 1.29 is 21.6 Å². The smallest absolute Gasteiger partial charge is 0.207 e. The van der Waals surface area contributed by atoms with Crippen LogP contribution in [-0.2, 0) is 22.9 Å². The molecule has 0 saturated heterocycles. The molecule has 0 fully saturated rings. The number of benzene rings is 2. The minimum atomic E-state index is -4.83. The number of sulfonamides is 1. The number of hydrogen-bond donors (Lipinski definition) is 1. The highest BCUT2D eigenvalue weighted by Crippen LogP contribution is 2.38. The fourth-order valence-electron chi connectivity index (χ4n) is 3.98. The second-order valence-corrected chi connectivity index (χ2v) is 10.3. The van der Waals surface area contributed by atoms with Gasteiger partial charge in [0.25, 0.3) is 0 Å². The highest BCUT2D eigenvalue weighted by molar-refractivity contribution is 7.89. The van der Waals surface area contributed by atoms with E-state index >= 15 is 0 Å². The molecule has 0 aliphatic carbocycles. The molecule has 166 valence electrons. The average molecular weight is 468 g/mol. The van der Waals surface area contributed by atoms with Gasteiger partial charge in [0.15, 0.2) is 0 Å². The minimum Gasteiger partial charge on any atom is -0.207 e. The molecule has 0 bridgehead atoms. The highest BCUT2D eigenvalue weighted by Gasteiger charge is 2.57. The molecule has 0 saturated carbocycles. The molecule has 0 aliphatic rings.